The standard InChI is InChI=1S/C32H33FN8O2/c1-2-11-41-26-14-22(10-9-20(26)16-35-41)36-32-34-17-27(40-12-5-7-21(18-40)31(43)37-25-15-24(25)33)30(39-32)38-29-23-8-4-3-6-19(23)13-28(29)42/h1,3-4,6,8-10,14,16-17,21,24-25,28-29,42H,5,7,11-13,15,18H2,(H,37,43)(H2,34,36,38,39)/t21?,24-,25+,28-,29+/m1/s1. The number of anilines is 4. The lowest BCUT2D eigenvalue weighted by Crippen LogP contribution is -2.44. The summed E-state index contributed by atoms with van der Waals surface area (Å²) in [6, 6.07) is 13.1. The molecule has 1 saturated heterocycles. The maximum atomic E-state index is 13.4. The number of carbonyl (C=O) groups excluding carboxylic acids is 1. The number of nitrogens with zero attached hydrogens (tertiary/aromatic N) is 5. The van der Waals surface area contributed by atoms with Gasteiger partial charge in [-0.1, -0.05) is 30.2 Å². The van der Waals surface area contributed by atoms with Gasteiger partial charge in [-0.05, 0) is 42.2 Å². The summed E-state index contributed by atoms with van der Waals surface area (Å²) in [7, 11) is 0. The number of aromatic nitrogens is 4. The van der Waals surface area contributed by atoms with Crippen molar-refractivity contribution in [1.29, 1.82) is 0 Å². The van der Waals surface area contributed by atoms with E-state index in [-0.39, 0.29) is 23.9 Å². The van der Waals surface area contributed by atoms with Gasteiger partial charge in [0.2, 0.25) is 11.9 Å². The molecule has 0 spiro atoms. The van der Waals surface area contributed by atoms with E-state index in [0.29, 0.717) is 37.7 Å². The fraction of sp³-hybridized carbons (Fsp3) is 0.375. The molecule has 11 heteroatoms. The van der Waals surface area contributed by atoms with E-state index in [1.165, 1.54) is 0 Å². The first-order chi connectivity index (χ1) is 21.0. The van der Waals surface area contributed by atoms with Crippen LogP contribution in [0.25, 0.3) is 10.9 Å². The van der Waals surface area contributed by atoms with Crippen LogP contribution in [-0.2, 0) is 17.8 Å². The van der Waals surface area contributed by atoms with Crippen LogP contribution >= 0.6 is 0 Å². The molecule has 3 aliphatic rings. The van der Waals surface area contributed by atoms with Crippen molar-refractivity contribution in [1.82, 2.24) is 25.1 Å². The lowest BCUT2D eigenvalue weighted by molar-refractivity contribution is -0.125. The van der Waals surface area contributed by atoms with Gasteiger partial charge in [-0.3, -0.25) is 9.48 Å². The molecule has 0 bridgehead atoms. The molecule has 4 aromatic rings. The van der Waals surface area contributed by atoms with Gasteiger partial charge in [0.05, 0.1) is 47.7 Å². The van der Waals surface area contributed by atoms with Gasteiger partial charge in [0, 0.05) is 37.0 Å². The van der Waals surface area contributed by atoms with Crippen molar-refractivity contribution < 1.29 is 14.3 Å². The second-order valence-corrected chi connectivity index (χ2v) is 11.6. The van der Waals surface area contributed by atoms with E-state index in [9.17, 15) is 14.3 Å². The number of rotatable bonds is 8. The summed E-state index contributed by atoms with van der Waals surface area (Å²) in [6.45, 7) is 1.56. The molecular weight excluding hydrogens is 547 g/mol. The number of piperidine rings is 1. The number of aliphatic hydroxyl groups is 1. The lowest BCUT2D eigenvalue weighted by Gasteiger charge is -2.35. The first-order valence-corrected chi connectivity index (χ1v) is 14.7. The van der Waals surface area contributed by atoms with Gasteiger partial charge in [0.25, 0.3) is 0 Å². The fourth-order valence-electron chi connectivity index (χ4n) is 6.18. The number of halogens is 1. The first kappa shape index (κ1) is 27.2. The molecule has 2 aromatic carbocycles. The van der Waals surface area contributed by atoms with Crippen molar-refractivity contribution in [3.8, 4) is 12.3 Å². The minimum atomic E-state index is -0.938. The van der Waals surface area contributed by atoms with Crippen LogP contribution in [0.1, 0.15) is 36.4 Å². The Kier molecular flexibility index (Phi) is 7.07. The summed E-state index contributed by atoms with van der Waals surface area (Å²) in [5, 5.41) is 26.0. The van der Waals surface area contributed by atoms with Crippen LogP contribution in [0.3, 0.4) is 0 Å². The fourth-order valence-corrected chi connectivity index (χ4v) is 6.18. The van der Waals surface area contributed by atoms with Gasteiger partial charge in [0.15, 0.2) is 5.82 Å². The van der Waals surface area contributed by atoms with Crippen LogP contribution in [0, 0.1) is 18.3 Å². The van der Waals surface area contributed by atoms with E-state index in [1.54, 1.807) is 17.1 Å². The Balaban J connectivity index is 1.19. The zero-order valence-corrected chi connectivity index (χ0v) is 23.6. The van der Waals surface area contributed by atoms with Gasteiger partial charge >= 0.3 is 0 Å². The third-order valence-corrected chi connectivity index (χ3v) is 8.58. The number of carbonyl (C=O) groups is 1. The van der Waals surface area contributed by atoms with Gasteiger partial charge in [0.1, 0.15) is 12.7 Å². The third kappa shape index (κ3) is 5.46. The predicted molar refractivity (Wildman–Crippen MR) is 163 cm³/mol. The molecule has 2 aliphatic carbocycles. The zero-order valence-electron chi connectivity index (χ0n) is 23.6. The van der Waals surface area contributed by atoms with Crippen LogP contribution in [-0.4, -0.2) is 62.2 Å². The molecule has 2 fully saturated rings. The highest BCUT2D eigenvalue weighted by Gasteiger charge is 2.40. The molecule has 1 unspecified atom stereocenters. The van der Waals surface area contributed by atoms with E-state index in [1.807, 2.05) is 42.5 Å². The maximum Gasteiger partial charge on any atom is 0.229 e. The van der Waals surface area contributed by atoms with Crippen molar-refractivity contribution in [2.75, 3.05) is 28.6 Å². The number of benzene rings is 2. The maximum absolute atomic E-state index is 13.4. The van der Waals surface area contributed by atoms with Crippen molar-refractivity contribution in [2.45, 2.75) is 56.6 Å². The highest BCUT2D eigenvalue weighted by Crippen LogP contribution is 2.38. The highest BCUT2D eigenvalue weighted by molar-refractivity contribution is 5.83. The molecule has 3 heterocycles. The molecule has 5 atom stereocenters. The smallest absolute Gasteiger partial charge is 0.229 e. The number of alkyl halides is 1. The minimum Gasteiger partial charge on any atom is -0.390 e. The van der Waals surface area contributed by atoms with E-state index in [4.69, 9.17) is 11.4 Å². The quantitative estimate of drug-likeness (QED) is 0.233. The molecular formula is C32H33FN8O2. The summed E-state index contributed by atoms with van der Waals surface area (Å²) >= 11 is 0. The molecule has 10 nitrogen and oxygen atoms in total. The summed E-state index contributed by atoms with van der Waals surface area (Å²) in [5.74, 6) is 3.20. The average Bonchev–Trinajstić information content (AvgIpc) is 3.41. The van der Waals surface area contributed by atoms with Crippen molar-refractivity contribution in [3.05, 3.63) is 66.0 Å². The van der Waals surface area contributed by atoms with Crippen molar-refractivity contribution in [2.24, 2.45) is 5.92 Å². The Hall–Kier alpha value is -4.69. The van der Waals surface area contributed by atoms with Crippen molar-refractivity contribution >= 4 is 40.0 Å². The lowest BCUT2D eigenvalue weighted by atomic mass is 9.96. The molecule has 0 radical (unpaired) electrons. The molecule has 1 amide bonds. The molecule has 220 valence electrons. The van der Waals surface area contributed by atoms with E-state index in [2.05, 4.69) is 36.9 Å². The SMILES string of the molecule is C#CCn1ncc2ccc(Nc3ncc(N4CCCC(C(=O)N[C@H]5C[C@H]5F)C4)c(N[C@H]4c5ccccc5C[C@H]4O)n3)cc21. The number of fused-ring (bicyclic) bond motifs is 2. The number of nitrogens with one attached hydrogen (secondary N) is 3. The Labute approximate surface area is 248 Å². The van der Waals surface area contributed by atoms with Crippen LogP contribution in [0.5, 0.6) is 0 Å². The molecule has 7 rings (SSSR count). The van der Waals surface area contributed by atoms with E-state index >= 15 is 0 Å². The third-order valence-electron chi connectivity index (χ3n) is 8.58. The number of hydrogen-bond donors (Lipinski definition) is 4. The Morgan fingerprint density at radius 3 is 2.91 bits per heavy atom. The molecule has 4 N–H and O–H groups in total. The van der Waals surface area contributed by atoms with Gasteiger partial charge < -0.3 is 26.0 Å². The largest absolute Gasteiger partial charge is 0.390 e. The summed E-state index contributed by atoms with van der Waals surface area (Å²) in [4.78, 5) is 24.5. The molecule has 2 aromatic heterocycles. The Morgan fingerprint density at radius 2 is 2.07 bits per heavy atom. The minimum absolute atomic E-state index is 0.108. The summed E-state index contributed by atoms with van der Waals surface area (Å²) in [5.41, 5.74) is 4.54. The first-order valence-electron chi connectivity index (χ1n) is 14.7. The monoisotopic (exact) mass is 580 g/mol. The van der Waals surface area contributed by atoms with Crippen LogP contribution in [0.4, 0.5) is 27.5 Å². The van der Waals surface area contributed by atoms with E-state index in [0.717, 1.165) is 52.8 Å². The number of hydrogen-bond acceptors (Lipinski definition) is 8. The second-order valence-electron chi connectivity index (χ2n) is 11.6. The van der Waals surface area contributed by atoms with Gasteiger partial charge in [-0.25, -0.2) is 9.37 Å². The molecule has 43 heavy (non-hydrogen) atoms. The van der Waals surface area contributed by atoms with Gasteiger partial charge in [-0.2, -0.15) is 10.1 Å². The predicted octanol–water partition coefficient (Wildman–Crippen LogP) is 3.72. The van der Waals surface area contributed by atoms with Gasteiger partial charge in [-0.15, -0.1) is 6.42 Å². The Morgan fingerprint density at radius 1 is 1.21 bits per heavy atom. The summed E-state index contributed by atoms with van der Waals surface area (Å²) in [6.07, 6.45) is 9.97. The highest BCUT2D eigenvalue weighted by atomic mass is 19.1. The average molecular weight is 581 g/mol. The number of amides is 1. The normalized spacial score (nSPS) is 24.3. The van der Waals surface area contributed by atoms with Crippen LogP contribution < -0.4 is 20.9 Å². The van der Waals surface area contributed by atoms with Crippen LogP contribution in [0.2, 0.25) is 0 Å². The van der Waals surface area contributed by atoms with E-state index < -0.39 is 12.3 Å². The molecule has 1 aliphatic heterocycles. The topological polar surface area (TPSA) is 120 Å². The summed E-state index contributed by atoms with van der Waals surface area (Å²) < 4.78 is 15.2. The van der Waals surface area contributed by atoms with Crippen LogP contribution in [0.15, 0.2) is 54.9 Å². The number of terminal acetylenes is 1. The van der Waals surface area contributed by atoms with Crippen molar-refractivity contribution in [3.63, 3.8) is 0 Å². The Bertz CT molecular complexity index is 1720. The number of aliphatic hydroxyl groups excluding tert-OH is 1. The molecule has 1 saturated carbocycles. The zero-order chi connectivity index (χ0) is 29.5. The second kappa shape index (κ2) is 11.2.